The lowest BCUT2D eigenvalue weighted by atomic mass is 10.3. The molecule has 1 heterocycles. The maximum atomic E-state index is 8.23. The third-order valence-electron chi connectivity index (χ3n) is 1.25. The molecule has 1 N–H and O–H groups in total. The van der Waals surface area contributed by atoms with Crippen molar-refractivity contribution in [3.63, 3.8) is 0 Å². The molecule has 0 aliphatic rings. The molecule has 64 valence electrons. The van der Waals surface area contributed by atoms with Crippen molar-refractivity contribution in [3.05, 3.63) is 24.0 Å². The monoisotopic (exact) mass is 166 g/mol. The average molecular weight is 166 g/mol. The van der Waals surface area contributed by atoms with Gasteiger partial charge >= 0.3 is 0 Å². The molecule has 0 unspecified atom stereocenters. The summed E-state index contributed by atoms with van der Waals surface area (Å²) >= 11 is 0. The lowest BCUT2D eigenvalue weighted by Crippen LogP contribution is -1.93. The highest BCUT2D eigenvalue weighted by Gasteiger charge is 1.93. The lowest BCUT2D eigenvalue weighted by molar-refractivity contribution is 0.321. The van der Waals surface area contributed by atoms with Gasteiger partial charge < -0.3 is 9.94 Å². The zero-order chi connectivity index (χ0) is 8.81. The standard InChI is InChI=1S/C8H10N2O2/c1-2-12-8-3-4-9-7(5-8)6-10-11/h3-6,11H,2H2,1H3/b10-6+. The molecular formula is C8H10N2O2. The minimum atomic E-state index is 0.573. The summed E-state index contributed by atoms with van der Waals surface area (Å²) in [4.78, 5) is 3.92. The topological polar surface area (TPSA) is 54.7 Å². The fourth-order valence-electron chi connectivity index (χ4n) is 0.814. The van der Waals surface area contributed by atoms with E-state index in [1.54, 1.807) is 18.3 Å². The lowest BCUT2D eigenvalue weighted by Gasteiger charge is -2.01. The quantitative estimate of drug-likeness (QED) is 0.418. The van der Waals surface area contributed by atoms with E-state index in [-0.39, 0.29) is 0 Å². The maximum Gasteiger partial charge on any atom is 0.123 e. The van der Waals surface area contributed by atoms with E-state index in [0.29, 0.717) is 12.3 Å². The van der Waals surface area contributed by atoms with E-state index in [1.807, 2.05) is 6.92 Å². The molecular weight excluding hydrogens is 156 g/mol. The van der Waals surface area contributed by atoms with Crippen LogP contribution in [0.2, 0.25) is 0 Å². The molecule has 0 amide bonds. The predicted octanol–water partition coefficient (Wildman–Crippen LogP) is 1.29. The SMILES string of the molecule is CCOc1ccnc(/C=N/O)c1. The van der Waals surface area contributed by atoms with Crippen molar-refractivity contribution in [1.82, 2.24) is 4.98 Å². The number of aromatic nitrogens is 1. The summed E-state index contributed by atoms with van der Waals surface area (Å²) in [5.41, 5.74) is 0.573. The van der Waals surface area contributed by atoms with E-state index in [0.717, 1.165) is 5.75 Å². The summed E-state index contributed by atoms with van der Waals surface area (Å²) in [6, 6.07) is 3.45. The summed E-state index contributed by atoms with van der Waals surface area (Å²) in [5, 5.41) is 11.1. The van der Waals surface area contributed by atoms with Crippen molar-refractivity contribution in [2.45, 2.75) is 6.92 Å². The third-order valence-corrected chi connectivity index (χ3v) is 1.25. The fraction of sp³-hybridized carbons (Fsp3) is 0.250. The number of hydrogen-bond donors (Lipinski definition) is 1. The smallest absolute Gasteiger partial charge is 0.123 e. The Morgan fingerprint density at radius 2 is 2.58 bits per heavy atom. The molecule has 0 radical (unpaired) electrons. The molecule has 0 bridgehead atoms. The number of nitrogens with zero attached hydrogens (tertiary/aromatic N) is 2. The van der Waals surface area contributed by atoms with Crippen molar-refractivity contribution in [1.29, 1.82) is 0 Å². The van der Waals surface area contributed by atoms with E-state index in [2.05, 4.69) is 10.1 Å². The first kappa shape index (κ1) is 8.52. The van der Waals surface area contributed by atoms with E-state index in [9.17, 15) is 0 Å². The third kappa shape index (κ3) is 2.23. The highest BCUT2D eigenvalue weighted by atomic mass is 16.5. The number of oxime groups is 1. The van der Waals surface area contributed by atoms with E-state index >= 15 is 0 Å². The Bertz CT molecular complexity index is 274. The Hall–Kier alpha value is -1.58. The molecule has 0 fully saturated rings. The summed E-state index contributed by atoms with van der Waals surface area (Å²) in [6.07, 6.45) is 2.85. The first-order valence-corrected chi connectivity index (χ1v) is 3.63. The van der Waals surface area contributed by atoms with Crippen LogP contribution in [0, 0.1) is 0 Å². The zero-order valence-corrected chi connectivity index (χ0v) is 6.77. The van der Waals surface area contributed by atoms with Crippen LogP contribution in [0.4, 0.5) is 0 Å². The summed E-state index contributed by atoms with van der Waals surface area (Å²) in [7, 11) is 0. The summed E-state index contributed by atoms with van der Waals surface area (Å²) in [5.74, 6) is 0.724. The Morgan fingerprint density at radius 3 is 3.25 bits per heavy atom. The van der Waals surface area contributed by atoms with Gasteiger partial charge in [-0.1, -0.05) is 5.16 Å². The van der Waals surface area contributed by atoms with Gasteiger partial charge in [-0.05, 0) is 13.0 Å². The molecule has 0 saturated heterocycles. The van der Waals surface area contributed by atoms with E-state index in [1.165, 1.54) is 6.21 Å². The van der Waals surface area contributed by atoms with Crippen LogP contribution in [-0.4, -0.2) is 23.0 Å². The van der Waals surface area contributed by atoms with Crippen LogP contribution < -0.4 is 4.74 Å². The highest BCUT2D eigenvalue weighted by Crippen LogP contribution is 2.09. The Kier molecular flexibility index (Phi) is 3.07. The molecule has 0 atom stereocenters. The van der Waals surface area contributed by atoms with Gasteiger partial charge in [0.15, 0.2) is 0 Å². The summed E-state index contributed by atoms with van der Waals surface area (Å²) in [6.45, 7) is 2.51. The van der Waals surface area contributed by atoms with Gasteiger partial charge in [-0.2, -0.15) is 0 Å². The number of ether oxygens (including phenoxy) is 1. The normalized spacial score (nSPS) is 10.4. The average Bonchev–Trinajstić information content (AvgIpc) is 2.06. The van der Waals surface area contributed by atoms with Crippen LogP contribution in [0.1, 0.15) is 12.6 Å². The Balaban J connectivity index is 2.80. The van der Waals surface area contributed by atoms with Gasteiger partial charge in [-0.25, -0.2) is 0 Å². The van der Waals surface area contributed by atoms with Gasteiger partial charge in [-0.15, -0.1) is 0 Å². The molecule has 12 heavy (non-hydrogen) atoms. The van der Waals surface area contributed by atoms with E-state index < -0.39 is 0 Å². The fourth-order valence-corrected chi connectivity index (χ4v) is 0.814. The van der Waals surface area contributed by atoms with Crippen LogP contribution in [0.25, 0.3) is 0 Å². The number of rotatable bonds is 3. The van der Waals surface area contributed by atoms with Gasteiger partial charge in [0.2, 0.25) is 0 Å². The minimum Gasteiger partial charge on any atom is -0.494 e. The van der Waals surface area contributed by atoms with Gasteiger partial charge in [-0.3, -0.25) is 4.98 Å². The second-order valence-corrected chi connectivity index (χ2v) is 2.09. The second-order valence-electron chi connectivity index (χ2n) is 2.09. The Labute approximate surface area is 70.5 Å². The molecule has 1 aromatic rings. The molecule has 1 rings (SSSR count). The molecule has 1 aromatic heterocycles. The van der Waals surface area contributed by atoms with Crippen molar-refractivity contribution in [3.8, 4) is 5.75 Å². The van der Waals surface area contributed by atoms with Gasteiger partial charge in [0.05, 0.1) is 18.5 Å². The Morgan fingerprint density at radius 1 is 1.75 bits per heavy atom. The predicted molar refractivity (Wildman–Crippen MR) is 44.8 cm³/mol. The zero-order valence-electron chi connectivity index (χ0n) is 6.77. The van der Waals surface area contributed by atoms with Crippen LogP contribution in [0.5, 0.6) is 5.75 Å². The molecule has 0 saturated carbocycles. The number of pyridine rings is 1. The molecule has 0 aliphatic heterocycles. The molecule has 4 heteroatoms. The first-order chi connectivity index (χ1) is 5.86. The minimum absolute atomic E-state index is 0.573. The second kappa shape index (κ2) is 4.33. The van der Waals surface area contributed by atoms with Crippen LogP contribution >= 0.6 is 0 Å². The van der Waals surface area contributed by atoms with Crippen LogP contribution in [-0.2, 0) is 0 Å². The van der Waals surface area contributed by atoms with Crippen molar-refractivity contribution < 1.29 is 9.94 Å². The van der Waals surface area contributed by atoms with Gasteiger partial charge in [0, 0.05) is 12.3 Å². The van der Waals surface area contributed by atoms with Crippen molar-refractivity contribution in [2.75, 3.05) is 6.61 Å². The van der Waals surface area contributed by atoms with Crippen LogP contribution in [0.3, 0.4) is 0 Å². The maximum absolute atomic E-state index is 8.23. The first-order valence-electron chi connectivity index (χ1n) is 3.63. The largest absolute Gasteiger partial charge is 0.494 e. The summed E-state index contributed by atoms with van der Waals surface area (Å²) < 4.78 is 5.21. The molecule has 0 spiro atoms. The molecule has 0 aliphatic carbocycles. The van der Waals surface area contributed by atoms with Gasteiger partial charge in [0.1, 0.15) is 5.75 Å². The highest BCUT2D eigenvalue weighted by molar-refractivity contribution is 5.76. The molecule has 0 aromatic carbocycles. The van der Waals surface area contributed by atoms with Crippen molar-refractivity contribution >= 4 is 6.21 Å². The van der Waals surface area contributed by atoms with Crippen molar-refractivity contribution in [2.24, 2.45) is 5.16 Å². The van der Waals surface area contributed by atoms with Crippen LogP contribution in [0.15, 0.2) is 23.5 Å². The number of hydrogen-bond acceptors (Lipinski definition) is 4. The molecule has 4 nitrogen and oxygen atoms in total. The van der Waals surface area contributed by atoms with E-state index in [4.69, 9.17) is 9.94 Å². The van der Waals surface area contributed by atoms with Gasteiger partial charge in [0.25, 0.3) is 0 Å².